The Morgan fingerprint density at radius 1 is 0.754 bits per heavy atom. The molecule has 0 spiro atoms. The SMILES string of the molecule is CCCCCCCCCCCCOc1ccc(S(=O)(=O)c2cnc3ccc([S+](C)[O-])cc3c2N2CCC(N3CCN(C4CCN(CC)CC4)CC3)CC2)c(F)c1F. The molecule has 3 aliphatic heterocycles. The van der Waals surface area contributed by atoms with Gasteiger partial charge in [-0.3, -0.25) is 14.8 Å². The molecule has 316 valence electrons. The van der Waals surface area contributed by atoms with Gasteiger partial charge in [0.15, 0.2) is 16.5 Å². The van der Waals surface area contributed by atoms with Crippen LogP contribution in [0.4, 0.5) is 14.5 Å². The fraction of sp³-hybridized carbons (Fsp3) is 0.659. The highest BCUT2D eigenvalue weighted by molar-refractivity contribution is 7.91. The van der Waals surface area contributed by atoms with E-state index in [0.29, 0.717) is 53.1 Å². The Kier molecular flexibility index (Phi) is 16.3. The fourth-order valence-corrected chi connectivity index (χ4v) is 11.1. The third-order valence-corrected chi connectivity index (χ3v) is 15.3. The number of hydrogen-bond donors (Lipinski definition) is 0. The highest BCUT2D eigenvalue weighted by Crippen LogP contribution is 2.40. The normalized spacial score (nSPS) is 19.1. The zero-order chi connectivity index (χ0) is 40.4. The van der Waals surface area contributed by atoms with Gasteiger partial charge in [-0.25, -0.2) is 12.8 Å². The second kappa shape index (κ2) is 21.1. The lowest BCUT2D eigenvalue weighted by molar-refractivity contribution is 0.0384. The number of nitrogens with zero attached hydrogens (tertiary/aromatic N) is 5. The first-order valence-electron chi connectivity index (χ1n) is 21.7. The molecular weight excluding hydrogens is 765 g/mol. The topological polar surface area (TPSA) is 92.3 Å². The summed E-state index contributed by atoms with van der Waals surface area (Å²) in [5.41, 5.74) is 0.943. The Morgan fingerprint density at radius 2 is 1.33 bits per heavy atom. The van der Waals surface area contributed by atoms with E-state index < -0.39 is 37.5 Å². The predicted octanol–water partition coefficient (Wildman–Crippen LogP) is 8.45. The lowest BCUT2D eigenvalue weighted by atomic mass is 9.99. The largest absolute Gasteiger partial charge is 0.612 e. The lowest BCUT2D eigenvalue weighted by Crippen LogP contribution is -2.56. The van der Waals surface area contributed by atoms with Gasteiger partial charge < -0.3 is 19.1 Å². The van der Waals surface area contributed by atoms with Crippen LogP contribution in [0.2, 0.25) is 0 Å². The van der Waals surface area contributed by atoms with Crippen molar-refractivity contribution in [1.82, 2.24) is 19.7 Å². The molecule has 1 aromatic heterocycles. The summed E-state index contributed by atoms with van der Waals surface area (Å²) in [6.45, 7) is 13.5. The van der Waals surface area contributed by atoms with E-state index in [4.69, 9.17) is 4.74 Å². The number of piperazine rings is 1. The number of halogens is 2. The summed E-state index contributed by atoms with van der Waals surface area (Å²) in [4.78, 5) is 13.9. The highest BCUT2D eigenvalue weighted by atomic mass is 32.2. The van der Waals surface area contributed by atoms with Gasteiger partial charge in [0.1, 0.15) is 16.0 Å². The van der Waals surface area contributed by atoms with E-state index in [2.05, 4.69) is 33.5 Å². The molecule has 1 atom stereocenters. The second-order valence-electron chi connectivity index (χ2n) is 16.3. The maximum Gasteiger partial charge on any atom is 0.213 e. The summed E-state index contributed by atoms with van der Waals surface area (Å²) < 4.78 is 78.4. The van der Waals surface area contributed by atoms with Crippen molar-refractivity contribution in [3.63, 3.8) is 0 Å². The van der Waals surface area contributed by atoms with Crippen LogP contribution in [0, 0.1) is 11.6 Å². The number of fused-ring (bicyclic) bond motifs is 1. The Labute approximate surface area is 343 Å². The summed E-state index contributed by atoms with van der Waals surface area (Å²) in [6, 6.07) is 8.55. The number of sulfone groups is 1. The number of rotatable bonds is 19. The van der Waals surface area contributed by atoms with Gasteiger partial charge >= 0.3 is 0 Å². The lowest BCUT2D eigenvalue weighted by Gasteiger charge is -2.46. The zero-order valence-corrected chi connectivity index (χ0v) is 36.2. The minimum Gasteiger partial charge on any atom is -0.612 e. The minimum atomic E-state index is -4.58. The van der Waals surface area contributed by atoms with Crippen molar-refractivity contribution in [3.05, 3.63) is 48.2 Å². The van der Waals surface area contributed by atoms with E-state index in [1.54, 1.807) is 24.5 Å². The van der Waals surface area contributed by atoms with Crippen LogP contribution in [-0.4, -0.2) is 117 Å². The van der Waals surface area contributed by atoms with E-state index in [1.165, 1.54) is 76.7 Å². The molecule has 1 unspecified atom stereocenters. The number of hydrogen-bond acceptors (Lipinski definition) is 9. The number of piperidine rings is 2. The number of anilines is 1. The molecule has 0 saturated carbocycles. The van der Waals surface area contributed by atoms with Crippen molar-refractivity contribution in [1.29, 1.82) is 0 Å². The average molecular weight is 830 g/mol. The summed E-state index contributed by atoms with van der Waals surface area (Å²) in [5, 5.41) is 0.530. The molecule has 3 saturated heterocycles. The van der Waals surface area contributed by atoms with Crippen LogP contribution < -0.4 is 9.64 Å². The van der Waals surface area contributed by atoms with Crippen LogP contribution in [0.1, 0.15) is 104 Å². The monoisotopic (exact) mass is 829 g/mol. The van der Waals surface area contributed by atoms with Crippen molar-refractivity contribution in [2.45, 2.75) is 131 Å². The van der Waals surface area contributed by atoms with E-state index in [9.17, 15) is 13.0 Å². The summed E-state index contributed by atoms with van der Waals surface area (Å²) in [7, 11) is -4.58. The number of likely N-dealkylation sites (tertiary alicyclic amines) is 1. The predicted molar refractivity (Wildman–Crippen MR) is 227 cm³/mol. The summed E-state index contributed by atoms with van der Waals surface area (Å²) >= 11 is -1.33. The van der Waals surface area contributed by atoms with Crippen molar-refractivity contribution >= 4 is 37.6 Å². The molecule has 2 aromatic carbocycles. The molecular formula is C44H65F2N5O4S2. The molecule has 0 aliphatic carbocycles. The first-order valence-corrected chi connectivity index (χ1v) is 24.7. The molecule has 3 fully saturated rings. The van der Waals surface area contributed by atoms with Gasteiger partial charge in [0, 0.05) is 69.0 Å². The number of aromatic nitrogens is 1. The smallest absolute Gasteiger partial charge is 0.213 e. The standard InChI is InChI=1S/C44H65F2N5O4S2/c1-4-6-7-8-9-10-11-12-13-14-31-55-39-17-18-40(43(46)42(39)45)57(53,54)41-33-47-38-16-15-36(56(3)52)32-37(38)44(41)51-25-21-35(22-26-51)50-29-27-49(28-30-50)34-19-23-48(5-2)24-20-34/h15-18,32-35H,4-14,19-31H2,1-3H3. The van der Waals surface area contributed by atoms with Crippen LogP contribution in [-0.2, 0) is 21.0 Å². The van der Waals surface area contributed by atoms with Crippen LogP contribution in [0.25, 0.3) is 10.9 Å². The quantitative estimate of drug-likeness (QED) is 0.0873. The van der Waals surface area contributed by atoms with E-state index in [1.807, 2.05) is 4.90 Å². The Hall–Kier alpha value is -2.55. The molecule has 6 rings (SSSR count). The average Bonchev–Trinajstić information content (AvgIpc) is 3.23. The van der Waals surface area contributed by atoms with Gasteiger partial charge in [0.25, 0.3) is 0 Å². The number of ether oxygens (including phenoxy) is 1. The number of benzene rings is 2. The molecule has 3 aliphatic rings. The van der Waals surface area contributed by atoms with Gasteiger partial charge in [-0.2, -0.15) is 4.39 Å². The first kappa shape index (κ1) is 44.0. The first-order chi connectivity index (χ1) is 27.6. The third kappa shape index (κ3) is 11.0. The molecule has 0 radical (unpaired) electrons. The van der Waals surface area contributed by atoms with Crippen LogP contribution in [0.5, 0.6) is 5.75 Å². The van der Waals surface area contributed by atoms with Gasteiger partial charge in [0.05, 0.1) is 17.8 Å². The molecule has 0 N–H and O–H groups in total. The van der Waals surface area contributed by atoms with Crippen LogP contribution in [0.3, 0.4) is 0 Å². The zero-order valence-electron chi connectivity index (χ0n) is 34.5. The van der Waals surface area contributed by atoms with Gasteiger partial charge in [-0.05, 0) is 87.2 Å². The van der Waals surface area contributed by atoms with Gasteiger partial charge in [-0.15, -0.1) is 0 Å². The van der Waals surface area contributed by atoms with Crippen molar-refractivity contribution in [2.75, 3.05) is 76.7 Å². The Morgan fingerprint density at radius 3 is 1.91 bits per heavy atom. The van der Waals surface area contributed by atoms with Gasteiger partial charge in [0.2, 0.25) is 15.7 Å². The second-order valence-corrected chi connectivity index (χ2v) is 19.5. The molecule has 4 heterocycles. The maximum atomic E-state index is 15.8. The van der Waals surface area contributed by atoms with Crippen molar-refractivity contribution in [3.8, 4) is 5.75 Å². The number of unbranched alkanes of at least 4 members (excludes halogenated alkanes) is 9. The van der Waals surface area contributed by atoms with Crippen LogP contribution in [0.15, 0.2) is 51.2 Å². The molecule has 57 heavy (non-hydrogen) atoms. The summed E-state index contributed by atoms with van der Waals surface area (Å²) in [5.74, 6) is -3.06. The van der Waals surface area contributed by atoms with Crippen molar-refractivity contribution < 1.29 is 26.5 Å². The minimum absolute atomic E-state index is 0.187. The van der Waals surface area contributed by atoms with E-state index in [-0.39, 0.29) is 17.3 Å². The summed E-state index contributed by atoms with van der Waals surface area (Å²) in [6.07, 6.45) is 18.4. The Bertz CT molecular complexity index is 1840. The molecule has 0 amide bonds. The van der Waals surface area contributed by atoms with Crippen LogP contribution >= 0.6 is 0 Å². The Balaban J connectivity index is 1.13. The van der Waals surface area contributed by atoms with Gasteiger partial charge in [-0.1, -0.05) is 71.6 Å². The maximum absolute atomic E-state index is 15.8. The number of pyridine rings is 1. The molecule has 9 nitrogen and oxygen atoms in total. The van der Waals surface area contributed by atoms with Crippen molar-refractivity contribution in [2.24, 2.45) is 0 Å². The molecule has 0 bridgehead atoms. The molecule has 3 aromatic rings. The van der Waals surface area contributed by atoms with E-state index in [0.717, 1.165) is 70.9 Å². The third-order valence-electron chi connectivity index (χ3n) is 12.6. The highest BCUT2D eigenvalue weighted by Gasteiger charge is 2.35. The van der Waals surface area contributed by atoms with E-state index >= 15 is 8.78 Å². The molecule has 13 heteroatoms. The fourth-order valence-electron chi connectivity index (χ4n) is 9.09.